The molecule has 0 fully saturated rings. The molecular weight excluding hydrogens is 697 g/mol. The topological polar surface area (TPSA) is 201 Å². The molecule has 0 saturated carbocycles. The third-order valence-electron chi connectivity index (χ3n) is 8.79. The van der Waals surface area contributed by atoms with Crippen LogP contribution < -0.4 is 15.4 Å². The lowest BCUT2D eigenvalue weighted by Gasteiger charge is -2.20. The van der Waals surface area contributed by atoms with E-state index in [1.807, 2.05) is 31.2 Å². The molecule has 12 nitrogen and oxygen atoms in total. The van der Waals surface area contributed by atoms with E-state index in [9.17, 15) is 24.9 Å². The summed E-state index contributed by atoms with van der Waals surface area (Å²) in [7, 11) is 0. The number of benzene rings is 3. The van der Waals surface area contributed by atoms with Crippen LogP contribution in [-0.4, -0.2) is 37.1 Å². The second kappa shape index (κ2) is 18.9. The Labute approximate surface area is 320 Å². The predicted molar refractivity (Wildman–Crippen MR) is 206 cm³/mol. The quantitative estimate of drug-likeness (QED) is 0.108. The summed E-state index contributed by atoms with van der Waals surface area (Å²) in [5.74, 6) is -0.117. The zero-order chi connectivity index (χ0) is 40.1. The number of pyridine rings is 2. The van der Waals surface area contributed by atoms with Crippen LogP contribution in [-0.2, 0) is 38.3 Å². The first-order valence-electron chi connectivity index (χ1n) is 17.4. The molecule has 5 N–H and O–H groups in total. The van der Waals surface area contributed by atoms with Gasteiger partial charge in [0.2, 0.25) is 0 Å². The van der Waals surface area contributed by atoms with Crippen molar-refractivity contribution in [3.63, 3.8) is 0 Å². The van der Waals surface area contributed by atoms with Crippen LogP contribution in [0.25, 0.3) is 0 Å². The summed E-state index contributed by atoms with van der Waals surface area (Å²) in [5.41, 5.74) is 7.49. The van der Waals surface area contributed by atoms with E-state index in [2.05, 4.69) is 53.5 Å². The fourth-order valence-electron chi connectivity index (χ4n) is 5.41. The Hall–Kier alpha value is -6.60. The summed E-state index contributed by atoms with van der Waals surface area (Å²) >= 11 is 0. The lowest BCUT2D eigenvalue weighted by molar-refractivity contribution is 0.0942. The van der Waals surface area contributed by atoms with Gasteiger partial charge < -0.3 is 30.7 Å². The van der Waals surface area contributed by atoms with E-state index in [4.69, 9.17) is 15.3 Å². The van der Waals surface area contributed by atoms with Gasteiger partial charge in [-0.25, -0.2) is 0 Å². The molecule has 2 aromatic heterocycles. The molecule has 0 aliphatic heterocycles. The number of aromatic nitrogens is 2. The molecule has 2 heterocycles. The number of carbonyl (C=O) groups is 2. The van der Waals surface area contributed by atoms with Crippen LogP contribution in [0, 0.1) is 36.5 Å². The van der Waals surface area contributed by atoms with Gasteiger partial charge in [0.15, 0.2) is 0 Å². The molecule has 0 aliphatic carbocycles. The predicted octanol–water partition coefficient (Wildman–Crippen LogP) is 5.95. The van der Waals surface area contributed by atoms with E-state index >= 15 is 0 Å². The smallest absolute Gasteiger partial charge is 0.251 e. The third-order valence-corrected chi connectivity index (χ3v) is 8.79. The molecule has 5 aromatic rings. The summed E-state index contributed by atoms with van der Waals surface area (Å²) in [6.45, 7) is 10.1. The number of hydrogen-bond acceptors (Lipinski definition) is 10. The monoisotopic (exact) mass is 740 g/mol. The number of aromatic hydroxyl groups is 1. The van der Waals surface area contributed by atoms with E-state index in [1.54, 1.807) is 61.7 Å². The van der Waals surface area contributed by atoms with Crippen LogP contribution in [0.15, 0.2) is 85.2 Å². The van der Waals surface area contributed by atoms with Crippen molar-refractivity contribution in [2.24, 2.45) is 0 Å². The maximum Gasteiger partial charge on any atom is 0.251 e. The maximum atomic E-state index is 12.5. The van der Waals surface area contributed by atoms with Crippen molar-refractivity contribution in [2.45, 2.75) is 72.9 Å². The largest absolute Gasteiger partial charge is 0.506 e. The number of nitrogens with one attached hydrogen (secondary N) is 2. The molecule has 0 bridgehead atoms. The van der Waals surface area contributed by atoms with E-state index in [0.29, 0.717) is 68.3 Å². The van der Waals surface area contributed by atoms with Crippen LogP contribution in [0.5, 0.6) is 11.5 Å². The van der Waals surface area contributed by atoms with E-state index < -0.39 is 0 Å². The molecule has 0 saturated heterocycles. The van der Waals surface area contributed by atoms with E-state index in [0.717, 1.165) is 5.56 Å². The summed E-state index contributed by atoms with van der Waals surface area (Å²) < 4.78 is 6.06. The van der Waals surface area contributed by atoms with Crippen molar-refractivity contribution in [3.8, 4) is 23.6 Å². The Morgan fingerprint density at radius 3 is 1.60 bits per heavy atom. The fraction of sp³-hybridized carbons (Fsp3) is 0.256. The summed E-state index contributed by atoms with van der Waals surface area (Å²) in [4.78, 5) is 32.9. The molecule has 0 aliphatic rings. The summed E-state index contributed by atoms with van der Waals surface area (Å²) in [6, 6.07) is 25.0. The van der Waals surface area contributed by atoms with Crippen molar-refractivity contribution < 1.29 is 29.6 Å². The van der Waals surface area contributed by atoms with Crippen LogP contribution >= 0.6 is 0 Å². The Balaban J connectivity index is 0.000000265. The summed E-state index contributed by atoms with van der Waals surface area (Å²) in [6.07, 6.45) is 3.16. The molecule has 0 atom stereocenters. The van der Waals surface area contributed by atoms with Crippen LogP contribution in [0.2, 0.25) is 0 Å². The van der Waals surface area contributed by atoms with Crippen molar-refractivity contribution in [1.82, 2.24) is 20.6 Å². The fourth-order valence-corrected chi connectivity index (χ4v) is 5.41. The lowest BCUT2D eigenvalue weighted by Crippen LogP contribution is -2.23. The SMILES string of the molecule is Cc1ncc(CNC(=O)c2ccc(C#N)cc2)c(CO)c1O.Cc1ncc(CNC(=O)c2ccc(C#N)cc2)c(CO)c1OCc1ccc(C(C)(C)C)cc1. The van der Waals surface area contributed by atoms with E-state index in [1.165, 1.54) is 11.8 Å². The third kappa shape index (κ3) is 11.0. The Bertz CT molecular complexity index is 2200. The maximum absolute atomic E-state index is 12.5. The van der Waals surface area contributed by atoms with Gasteiger partial charge in [0.1, 0.15) is 18.1 Å². The van der Waals surface area contributed by atoms with Gasteiger partial charge in [-0.2, -0.15) is 10.5 Å². The van der Waals surface area contributed by atoms with Crippen molar-refractivity contribution in [2.75, 3.05) is 0 Å². The molecule has 0 unspecified atom stereocenters. The van der Waals surface area contributed by atoms with Crippen LogP contribution in [0.1, 0.15) is 97.4 Å². The molecule has 0 radical (unpaired) electrons. The number of aliphatic hydroxyl groups excluding tert-OH is 2. The number of nitrogens with zero attached hydrogens (tertiary/aromatic N) is 4. The number of aryl methyl sites for hydroxylation is 2. The zero-order valence-electron chi connectivity index (χ0n) is 31.5. The highest BCUT2D eigenvalue weighted by Crippen LogP contribution is 2.28. The zero-order valence-corrected chi connectivity index (χ0v) is 31.5. The minimum atomic E-state index is -0.336. The number of aliphatic hydroxyl groups is 2. The van der Waals surface area contributed by atoms with Crippen molar-refractivity contribution in [1.29, 1.82) is 10.5 Å². The number of hydrogen-bond donors (Lipinski definition) is 5. The van der Waals surface area contributed by atoms with Gasteiger partial charge in [-0.1, -0.05) is 45.0 Å². The normalized spacial score (nSPS) is 10.6. The van der Waals surface area contributed by atoms with Gasteiger partial charge in [0, 0.05) is 47.7 Å². The molecule has 2 amide bonds. The average Bonchev–Trinajstić information content (AvgIpc) is 3.20. The van der Waals surface area contributed by atoms with Crippen molar-refractivity contribution >= 4 is 11.8 Å². The second-order valence-electron chi connectivity index (χ2n) is 13.7. The highest BCUT2D eigenvalue weighted by molar-refractivity contribution is 5.94. The molecule has 55 heavy (non-hydrogen) atoms. The molecule has 5 rings (SSSR count). The first-order chi connectivity index (χ1) is 26.3. The van der Waals surface area contributed by atoms with Gasteiger partial charge >= 0.3 is 0 Å². The van der Waals surface area contributed by atoms with Gasteiger partial charge in [0.25, 0.3) is 11.8 Å². The van der Waals surface area contributed by atoms with Gasteiger partial charge in [-0.15, -0.1) is 0 Å². The first kappa shape index (κ1) is 41.2. The van der Waals surface area contributed by atoms with Crippen LogP contribution in [0.3, 0.4) is 0 Å². The average molecular weight is 741 g/mol. The number of ether oxygens (including phenoxy) is 1. The highest BCUT2D eigenvalue weighted by atomic mass is 16.5. The van der Waals surface area contributed by atoms with Crippen LogP contribution in [0.4, 0.5) is 0 Å². The second-order valence-corrected chi connectivity index (χ2v) is 13.7. The summed E-state index contributed by atoms with van der Waals surface area (Å²) in [5, 5.41) is 52.4. The lowest BCUT2D eigenvalue weighted by atomic mass is 9.87. The Morgan fingerprint density at radius 2 is 1.16 bits per heavy atom. The standard InChI is InChI=1S/C27H29N3O3.C16H15N3O3/c1-18-25(33-17-20-7-11-23(12-8-20)27(2,3)4)24(16-31)22(14-29-18)15-30-26(32)21-9-5-19(13-28)6-10-21;1-10-15(21)14(9-20)13(7-18-10)8-19-16(22)12-4-2-11(6-17)3-5-12/h5-12,14,31H,15-17H2,1-4H3,(H,30,32);2-5,7,20-21H,8-9H2,1H3,(H,19,22). The van der Waals surface area contributed by atoms with Crippen molar-refractivity contribution in [3.05, 3.63) is 152 Å². The minimum absolute atomic E-state index is 0.0624. The molecule has 3 aromatic carbocycles. The molecule has 12 heteroatoms. The Morgan fingerprint density at radius 1 is 0.709 bits per heavy atom. The molecule has 282 valence electrons. The van der Waals surface area contributed by atoms with E-state index in [-0.39, 0.29) is 49.3 Å². The number of nitriles is 2. The number of amides is 2. The van der Waals surface area contributed by atoms with Gasteiger partial charge in [-0.05, 0) is 90.0 Å². The number of rotatable bonds is 11. The van der Waals surface area contributed by atoms with Gasteiger partial charge in [0.05, 0.1) is 47.9 Å². The Kier molecular flexibility index (Phi) is 14.2. The number of carbonyl (C=O) groups excluding carboxylic acids is 2. The van der Waals surface area contributed by atoms with Gasteiger partial charge in [-0.3, -0.25) is 19.6 Å². The first-order valence-corrected chi connectivity index (χ1v) is 17.4. The molecular formula is C43H44N6O6. The highest BCUT2D eigenvalue weighted by Gasteiger charge is 2.17. The molecule has 0 spiro atoms. The minimum Gasteiger partial charge on any atom is -0.506 e.